The number of halogens is 1. The number of sulfone groups is 1. The summed E-state index contributed by atoms with van der Waals surface area (Å²) >= 11 is 0. The molecule has 1 unspecified atom stereocenters. The largest absolute Gasteiger partial charge is 0.320 e. The lowest BCUT2D eigenvalue weighted by molar-refractivity contribution is -0.122. The van der Waals surface area contributed by atoms with Crippen LogP contribution in [0.5, 0.6) is 0 Å². The predicted octanol–water partition coefficient (Wildman–Crippen LogP) is 0.230. The number of rotatable bonds is 2. The number of carbonyl (C=O) groups is 2. The summed E-state index contributed by atoms with van der Waals surface area (Å²) < 4.78 is 37.5. The smallest absolute Gasteiger partial charge is 0.244 e. The lowest BCUT2D eigenvalue weighted by Gasteiger charge is -2.34. The molecule has 1 aromatic rings. The minimum Gasteiger partial charge on any atom is -0.320 e. The summed E-state index contributed by atoms with van der Waals surface area (Å²) in [4.78, 5) is 27.5. The predicted molar refractivity (Wildman–Crippen MR) is 87.1 cm³/mol. The molecule has 7 nitrogen and oxygen atoms in total. The third-order valence-electron chi connectivity index (χ3n) is 4.38. The van der Waals surface area contributed by atoms with Gasteiger partial charge in [-0.2, -0.15) is 0 Å². The number of fused-ring (bicyclic) bond motifs is 1. The Kier molecular flexibility index (Phi) is 4.31. The molecule has 1 saturated heterocycles. The van der Waals surface area contributed by atoms with Crippen LogP contribution in [0.15, 0.2) is 18.2 Å². The average Bonchev–Trinajstić information content (AvgIpc) is 2.51. The zero-order valence-electron chi connectivity index (χ0n) is 13.2. The minimum atomic E-state index is -3.17. The number of carbonyl (C=O) groups excluding carboxylic acids is 2. The minimum absolute atomic E-state index is 0.0216. The second-order valence-corrected chi connectivity index (χ2v) is 8.34. The number of para-hydroxylation sites is 1. The van der Waals surface area contributed by atoms with Gasteiger partial charge in [-0.05, 0) is 19.2 Å². The van der Waals surface area contributed by atoms with Gasteiger partial charge in [0.2, 0.25) is 11.8 Å². The highest BCUT2D eigenvalue weighted by atomic mass is 32.2. The standard InChI is InChI=1S/C15H18FN3O4S/c1-18-5-6-24(22,23)9-10(18)7-14(21)19-8-13(20)17-15-11(16)3-2-4-12(15)19/h2-4,10H,5-9H2,1H3,(H,17,20). The fourth-order valence-corrected chi connectivity index (χ4v) is 4.68. The van der Waals surface area contributed by atoms with E-state index < -0.39 is 33.5 Å². The van der Waals surface area contributed by atoms with Gasteiger partial charge in [-0.1, -0.05) is 6.07 Å². The van der Waals surface area contributed by atoms with Gasteiger partial charge in [-0.3, -0.25) is 9.59 Å². The molecule has 2 heterocycles. The number of nitrogens with zero attached hydrogens (tertiary/aromatic N) is 2. The van der Waals surface area contributed by atoms with Crippen LogP contribution in [0, 0.1) is 5.82 Å². The summed E-state index contributed by atoms with van der Waals surface area (Å²) in [5.74, 6) is -1.51. The molecule has 0 aromatic heterocycles. The van der Waals surface area contributed by atoms with Gasteiger partial charge in [-0.25, -0.2) is 12.8 Å². The number of hydrogen-bond donors (Lipinski definition) is 1. The van der Waals surface area contributed by atoms with Crippen molar-refractivity contribution in [3.63, 3.8) is 0 Å². The fourth-order valence-electron chi connectivity index (χ4n) is 2.99. The number of amides is 2. The van der Waals surface area contributed by atoms with E-state index in [1.165, 1.54) is 17.0 Å². The molecule has 24 heavy (non-hydrogen) atoms. The van der Waals surface area contributed by atoms with E-state index in [1.807, 2.05) is 4.90 Å². The maximum Gasteiger partial charge on any atom is 0.244 e. The summed E-state index contributed by atoms with van der Waals surface area (Å²) in [5, 5.41) is 2.42. The van der Waals surface area contributed by atoms with Gasteiger partial charge in [0.1, 0.15) is 18.0 Å². The van der Waals surface area contributed by atoms with Crippen LogP contribution in [0.25, 0.3) is 0 Å². The third kappa shape index (κ3) is 3.27. The van der Waals surface area contributed by atoms with Crippen LogP contribution >= 0.6 is 0 Å². The van der Waals surface area contributed by atoms with Crippen LogP contribution < -0.4 is 10.2 Å². The molecule has 2 aliphatic rings. The van der Waals surface area contributed by atoms with Crippen LogP contribution in [0.2, 0.25) is 0 Å². The molecule has 0 radical (unpaired) electrons. The zero-order chi connectivity index (χ0) is 17.5. The molecule has 3 rings (SSSR count). The Hall–Kier alpha value is -2.00. The summed E-state index contributed by atoms with van der Waals surface area (Å²) in [6.45, 7) is 0.157. The molecule has 1 aromatic carbocycles. The van der Waals surface area contributed by atoms with E-state index in [-0.39, 0.29) is 30.2 Å². The fraction of sp³-hybridized carbons (Fsp3) is 0.467. The molecular formula is C15H18FN3O4S. The topological polar surface area (TPSA) is 86.8 Å². The first-order chi connectivity index (χ1) is 11.3. The van der Waals surface area contributed by atoms with Crippen molar-refractivity contribution in [1.82, 2.24) is 4.90 Å². The first kappa shape index (κ1) is 16.8. The van der Waals surface area contributed by atoms with Crippen molar-refractivity contribution in [2.45, 2.75) is 12.5 Å². The number of benzene rings is 1. The molecule has 0 aliphatic carbocycles. The average molecular weight is 355 g/mol. The lowest BCUT2D eigenvalue weighted by Crippen LogP contribution is -2.50. The van der Waals surface area contributed by atoms with E-state index in [0.29, 0.717) is 12.2 Å². The molecule has 1 N–H and O–H groups in total. The van der Waals surface area contributed by atoms with E-state index in [2.05, 4.69) is 5.32 Å². The van der Waals surface area contributed by atoms with E-state index in [0.717, 1.165) is 0 Å². The van der Waals surface area contributed by atoms with Gasteiger partial charge in [0.15, 0.2) is 9.84 Å². The van der Waals surface area contributed by atoms with Gasteiger partial charge < -0.3 is 15.1 Å². The van der Waals surface area contributed by atoms with Crippen LogP contribution in [0.3, 0.4) is 0 Å². The summed E-state index contributed by atoms with van der Waals surface area (Å²) in [6, 6.07) is 3.77. The molecule has 1 atom stereocenters. The first-order valence-electron chi connectivity index (χ1n) is 7.56. The zero-order valence-corrected chi connectivity index (χ0v) is 14.0. The molecule has 0 saturated carbocycles. The van der Waals surface area contributed by atoms with E-state index in [4.69, 9.17) is 0 Å². The molecule has 9 heteroatoms. The van der Waals surface area contributed by atoms with Crippen molar-refractivity contribution < 1.29 is 22.4 Å². The van der Waals surface area contributed by atoms with Crippen molar-refractivity contribution in [2.75, 3.05) is 41.9 Å². The Morgan fingerprint density at radius 2 is 2.17 bits per heavy atom. The summed E-state index contributed by atoms with van der Waals surface area (Å²) in [6.07, 6.45) is -0.0427. The van der Waals surface area contributed by atoms with Gasteiger partial charge >= 0.3 is 0 Å². The molecule has 1 fully saturated rings. The maximum atomic E-state index is 13.9. The van der Waals surface area contributed by atoms with E-state index >= 15 is 0 Å². The second-order valence-electron chi connectivity index (χ2n) is 6.11. The van der Waals surface area contributed by atoms with E-state index in [1.54, 1.807) is 13.1 Å². The van der Waals surface area contributed by atoms with Crippen LogP contribution in [0.4, 0.5) is 15.8 Å². The van der Waals surface area contributed by atoms with Crippen LogP contribution in [0.1, 0.15) is 6.42 Å². The Bertz CT molecular complexity index is 796. The second kappa shape index (κ2) is 6.14. The maximum absolute atomic E-state index is 13.9. The SMILES string of the molecule is CN1CCS(=O)(=O)CC1CC(=O)N1CC(=O)Nc2c(F)cccc21. The van der Waals surface area contributed by atoms with Crippen LogP contribution in [-0.2, 0) is 19.4 Å². The summed E-state index contributed by atoms with van der Waals surface area (Å²) in [5.41, 5.74) is 0.271. The first-order valence-corrected chi connectivity index (χ1v) is 9.38. The highest BCUT2D eigenvalue weighted by Crippen LogP contribution is 2.32. The highest BCUT2D eigenvalue weighted by Gasteiger charge is 2.34. The quantitative estimate of drug-likeness (QED) is 0.821. The van der Waals surface area contributed by atoms with E-state index in [9.17, 15) is 22.4 Å². The molecular weight excluding hydrogens is 337 g/mol. The van der Waals surface area contributed by atoms with Gasteiger partial charge in [-0.15, -0.1) is 0 Å². The molecule has 130 valence electrons. The van der Waals surface area contributed by atoms with Crippen molar-refractivity contribution in [3.05, 3.63) is 24.0 Å². The lowest BCUT2D eigenvalue weighted by atomic mass is 10.1. The Balaban J connectivity index is 1.83. The molecule has 0 bridgehead atoms. The Labute approximate surface area is 139 Å². The number of anilines is 2. The Morgan fingerprint density at radius 1 is 1.42 bits per heavy atom. The summed E-state index contributed by atoms with van der Waals surface area (Å²) in [7, 11) is -1.40. The van der Waals surface area contributed by atoms with Crippen molar-refractivity contribution in [2.24, 2.45) is 0 Å². The van der Waals surface area contributed by atoms with Crippen molar-refractivity contribution in [3.8, 4) is 0 Å². The highest BCUT2D eigenvalue weighted by molar-refractivity contribution is 7.91. The molecule has 2 amide bonds. The van der Waals surface area contributed by atoms with Gasteiger partial charge in [0, 0.05) is 19.0 Å². The Morgan fingerprint density at radius 3 is 2.92 bits per heavy atom. The van der Waals surface area contributed by atoms with Gasteiger partial charge in [0.25, 0.3) is 0 Å². The molecule has 0 spiro atoms. The van der Waals surface area contributed by atoms with Crippen LogP contribution in [-0.4, -0.2) is 62.8 Å². The normalized spacial score (nSPS) is 23.5. The third-order valence-corrected chi connectivity index (χ3v) is 6.08. The van der Waals surface area contributed by atoms with Gasteiger partial charge in [0.05, 0.1) is 17.2 Å². The van der Waals surface area contributed by atoms with Crippen molar-refractivity contribution in [1.29, 1.82) is 0 Å². The van der Waals surface area contributed by atoms with Crippen molar-refractivity contribution >= 4 is 33.0 Å². The number of nitrogens with one attached hydrogen (secondary N) is 1. The number of hydrogen-bond acceptors (Lipinski definition) is 5. The molecule has 2 aliphatic heterocycles. The monoisotopic (exact) mass is 355 g/mol.